The predicted octanol–water partition coefficient (Wildman–Crippen LogP) is 2.29. The molecule has 1 aromatic heterocycles. The van der Waals surface area contributed by atoms with Gasteiger partial charge in [-0.1, -0.05) is 6.07 Å². The van der Waals surface area contributed by atoms with Crippen LogP contribution in [0.2, 0.25) is 0 Å². The summed E-state index contributed by atoms with van der Waals surface area (Å²) >= 11 is 0. The number of nitrogens with two attached hydrogens (primary N) is 1. The molecule has 0 aliphatic rings. The van der Waals surface area contributed by atoms with Crippen LogP contribution in [0, 0.1) is 0 Å². The van der Waals surface area contributed by atoms with Crippen LogP contribution in [0.15, 0.2) is 42.7 Å². The summed E-state index contributed by atoms with van der Waals surface area (Å²) in [5, 5.41) is 0. The van der Waals surface area contributed by atoms with Crippen LogP contribution in [-0.4, -0.2) is 18.7 Å². The van der Waals surface area contributed by atoms with E-state index in [0.717, 1.165) is 17.7 Å². The van der Waals surface area contributed by atoms with Gasteiger partial charge in [-0.25, -0.2) is 0 Å². The number of hydrogen-bond donors (Lipinski definition) is 1. The highest BCUT2D eigenvalue weighted by molar-refractivity contribution is 5.56. The van der Waals surface area contributed by atoms with E-state index in [4.69, 9.17) is 15.2 Å². The summed E-state index contributed by atoms with van der Waals surface area (Å²) in [6.07, 6.45) is 4.39. The van der Waals surface area contributed by atoms with Gasteiger partial charge >= 0.3 is 0 Å². The van der Waals surface area contributed by atoms with Gasteiger partial charge in [0.05, 0.1) is 19.4 Å². The van der Waals surface area contributed by atoms with Crippen LogP contribution in [0.1, 0.15) is 5.56 Å². The van der Waals surface area contributed by atoms with Crippen molar-refractivity contribution in [3.8, 4) is 11.5 Å². The first-order valence-electron chi connectivity index (χ1n) is 5.75. The summed E-state index contributed by atoms with van der Waals surface area (Å²) in [6, 6.07) is 9.33. The lowest BCUT2D eigenvalue weighted by Crippen LogP contribution is -2.03. The Labute approximate surface area is 106 Å². The molecule has 0 radical (unpaired) electrons. The Kier molecular flexibility index (Phi) is 4.02. The molecule has 1 heterocycles. The predicted molar refractivity (Wildman–Crippen MR) is 70.8 cm³/mol. The van der Waals surface area contributed by atoms with E-state index < -0.39 is 0 Å². The van der Waals surface area contributed by atoms with E-state index in [-0.39, 0.29) is 0 Å². The second-order valence-electron chi connectivity index (χ2n) is 3.86. The van der Waals surface area contributed by atoms with E-state index in [9.17, 15) is 0 Å². The van der Waals surface area contributed by atoms with E-state index in [1.807, 2.05) is 30.5 Å². The second-order valence-corrected chi connectivity index (χ2v) is 3.86. The van der Waals surface area contributed by atoms with Gasteiger partial charge in [0.2, 0.25) is 0 Å². The average molecular weight is 244 g/mol. The molecule has 2 aromatic rings. The molecule has 0 aliphatic heterocycles. The van der Waals surface area contributed by atoms with E-state index in [0.29, 0.717) is 18.0 Å². The largest absolute Gasteiger partial charge is 0.497 e. The minimum absolute atomic E-state index is 0.572. The Morgan fingerprint density at radius 3 is 2.83 bits per heavy atom. The number of anilines is 1. The van der Waals surface area contributed by atoms with Gasteiger partial charge in [-0.3, -0.25) is 4.98 Å². The Balaban J connectivity index is 1.91. The first-order valence-corrected chi connectivity index (χ1v) is 5.75. The fourth-order valence-corrected chi connectivity index (χ4v) is 1.61. The smallest absolute Gasteiger partial charge is 0.142 e. The molecule has 94 valence electrons. The van der Waals surface area contributed by atoms with E-state index in [1.165, 1.54) is 0 Å². The lowest BCUT2D eigenvalue weighted by molar-refractivity contribution is 0.322. The van der Waals surface area contributed by atoms with Crippen LogP contribution < -0.4 is 15.2 Å². The van der Waals surface area contributed by atoms with Crippen molar-refractivity contribution >= 4 is 5.69 Å². The fourth-order valence-electron chi connectivity index (χ4n) is 1.61. The van der Waals surface area contributed by atoms with Crippen LogP contribution >= 0.6 is 0 Å². The minimum atomic E-state index is 0.572. The summed E-state index contributed by atoms with van der Waals surface area (Å²) < 4.78 is 10.7. The van der Waals surface area contributed by atoms with Gasteiger partial charge in [-0.15, -0.1) is 0 Å². The minimum Gasteiger partial charge on any atom is -0.497 e. The normalized spacial score (nSPS) is 10.1. The average Bonchev–Trinajstić information content (AvgIpc) is 2.42. The molecule has 1 aromatic carbocycles. The van der Waals surface area contributed by atoms with Crippen molar-refractivity contribution in [2.75, 3.05) is 19.5 Å². The molecule has 0 unspecified atom stereocenters. The Hall–Kier alpha value is -2.23. The first-order chi connectivity index (χ1) is 8.79. The SMILES string of the molecule is COc1ccc(OCCc2cccnc2)c(N)c1. The molecule has 0 bridgehead atoms. The number of rotatable bonds is 5. The van der Waals surface area contributed by atoms with Crippen molar-refractivity contribution in [2.45, 2.75) is 6.42 Å². The van der Waals surface area contributed by atoms with Crippen molar-refractivity contribution in [1.29, 1.82) is 0 Å². The molecule has 0 saturated carbocycles. The molecule has 0 aliphatic carbocycles. The van der Waals surface area contributed by atoms with Crippen molar-refractivity contribution in [3.63, 3.8) is 0 Å². The number of aromatic nitrogens is 1. The van der Waals surface area contributed by atoms with Crippen LogP contribution in [0.3, 0.4) is 0 Å². The van der Waals surface area contributed by atoms with Gasteiger partial charge in [0, 0.05) is 24.9 Å². The summed E-state index contributed by atoms with van der Waals surface area (Å²) in [5.74, 6) is 1.41. The Bertz CT molecular complexity index is 500. The van der Waals surface area contributed by atoms with Crippen molar-refractivity contribution < 1.29 is 9.47 Å². The maximum absolute atomic E-state index is 5.86. The van der Waals surface area contributed by atoms with Gasteiger partial charge in [-0.05, 0) is 23.8 Å². The summed E-state index contributed by atoms with van der Waals surface area (Å²) in [4.78, 5) is 4.05. The van der Waals surface area contributed by atoms with E-state index in [1.54, 1.807) is 19.4 Å². The first kappa shape index (κ1) is 12.2. The Morgan fingerprint density at radius 2 is 2.17 bits per heavy atom. The molecular weight excluding hydrogens is 228 g/mol. The highest BCUT2D eigenvalue weighted by Crippen LogP contribution is 2.26. The van der Waals surface area contributed by atoms with Gasteiger partial charge in [0.1, 0.15) is 11.5 Å². The molecule has 2 N–H and O–H groups in total. The quantitative estimate of drug-likeness (QED) is 0.820. The van der Waals surface area contributed by atoms with Gasteiger partial charge in [0.25, 0.3) is 0 Å². The molecular formula is C14H16N2O2. The summed E-state index contributed by atoms with van der Waals surface area (Å²) in [5.41, 5.74) is 7.59. The molecule has 0 amide bonds. The number of nitrogen functional groups attached to an aromatic ring is 1. The zero-order valence-electron chi connectivity index (χ0n) is 10.3. The van der Waals surface area contributed by atoms with Crippen molar-refractivity contribution in [1.82, 2.24) is 4.98 Å². The number of pyridine rings is 1. The maximum Gasteiger partial charge on any atom is 0.142 e. The lowest BCUT2D eigenvalue weighted by Gasteiger charge is -2.10. The topological polar surface area (TPSA) is 57.4 Å². The van der Waals surface area contributed by atoms with Gasteiger partial charge < -0.3 is 15.2 Å². The van der Waals surface area contributed by atoms with Gasteiger partial charge in [0.15, 0.2) is 0 Å². The molecule has 0 spiro atoms. The third-order valence-corrected chi connectivity index (χ3v) is 2.59. The van der Waals surface area contributed by atoms with Crippen LogP contribution in [-0.2, 0) is 6.42 Å². The standard InChI is InChI=1S/C14H16N2O2/c1-17-12-4-5-14(13(15)9-12)18-8-6-11-3-2-7-16-10-11/h2-5,7,9-10H,6,8,15H2,1H3. The lowest BCUT2D eigenvalue weighted by atomic mass is 10.2. The van der Waals surface area contributed by atoms with Gasteiger partial charge in [-0.2, -0.15) is 0 Å². The molecule has 0 saturated heterocycles. The third-order valence-electron chi connectivity index (χ3n) is 2.59. The fraction of sp³-hybridized carbons (Fsp3) is 0.214. The van der Waals surface area contributed by atoms with E-state index >= 15 is 0 Å². The number of methoxy groups -OCH3 is 1. The maximum atomic E-state index is 5.86. The van der Waals surface area contributed by atoms with Crippen molar-refractivity contribution in [2.24, 2.45) is 0 Å². The third kappa shape index (κ3) is 3.13. The number of benzene rings is 1. The van der Waals surface area contributed by atoms with Crippen LogP contribution in [0.25, 0.3) is 0 Å². The zero-order valence-corrected chi connectivity index (χ0v) is 10.3. The van der Waals surface area contributed by atoms with E-state index in [2.05, 4.69) is 4.98 Å². The van der Waals surface area contributed by atoms with Crippen LogP contribution in [0.5, 0.6) is 11.5 Å². The molecule has 18 heavy (non-hydrogen) atoms. The monoisotopic (exact) mass is 244 g/mol. The Morgan fingerprint density at radius 1 is 1.28 bits per heavy atom. The molecule has 0 fully saturated rings. The molecule has 4 nitrogen and oxygen atoms in total. The molecule has 0 atom stereocenters. The summed E-state index contributed by atoms with van der Waals surface area (Å²) in [6.45, 7) is 0.572. The number of nitrogens with zero attached hydrogens (tertiary/aromatic N) is 1. The molecule has 4 heteroatoms. The highest BCUT2D eigenvalue weighted by Gasteiger charge is 2.02. The summed E-state index contributed by atoms with van der Waals surface area (Å²) in [7, 11) is 1.61. The highest BCUT2D eigenvalue weighted by atomic mass is 16.5. The van der Waals surface area contributed by atoms with Crippen LogP contribution in [0.4, 0.5) is 5.69 Å². The second kappa shape index (κ2) is 5.91. The zero-order chi connectivity index (χ0) is 12.8. The number of hydrogen-bond acceptors (Lipinski definition) is 4. The van der Waals surface area contributed by atoms with Crippen molar-refractivity contribution in [3.05, 3.63) is 48.3 Å². The number of ether oxygens (including phenoxy) is 2. The molecule has 2 rings (SSSR count).